The van der Waals surface area contributed by atoms with E-state index in [1.807, 2.05) is 30.3 Å². The molecule has 0 bridgehead atoms. The number of carboxylic acid groups (broad SMARTS) is 1. The van der Waals surface area contributed by atoms with Crippen LogP contribution in [0.3, 0.4) is 0 Å². The predicted octanol–water partition coefficient (Wildman–Crippen LogP) is 3.93. The second-order valence-electron chi connectivity index (χ2n) is 5.35. The zero-order chi connectivity index (χ0) is 17.8. The summed E-state index contributed by atoms with van der Waals surface area (Å²) in [5.41, 5.74) is 2.02. The lowest BCUT2D eigenvalue weighted by Crippen LogP contribution is -1.97. The van der Waals surface area contributed by atoms with Crippen molar-refractivity contribution in [2.75, 3.05) is 0 Å². The average molecular weight is 338 g/mol. The second-order valence-corrected chi connectivity index (χ2v) is 5.35. The van der Waals surface area contributed by atoms with Crippen molar-refractivity contribution in [3.8, 4) is 22.6 Å². The molecule has 3 rings (SSSR count). The van der Waals surface area contributed by atoms with Crippen LogP contribution in [0.2, 0.25) is 0 Å². The number of benzene rings is 2. The molecule has 2 aromatic carbocycles. The summed E-state index contributed by atoms with van der Waals surface area (Å²) in [6.45, 7) is 0. The molecule has 0 aliphatic heterocycles. The minimum Gasteiger partial charge on any atom is -0.481 e. The molecule has 0 fully saturated rings. The number of nitro benzene ring substituents is 1. The maximum atomic E-state index is 10.8. The third-order valence-electron chi connectivity index (χ3n) is 3.61. The number of rotatable bonds is 6. The third-order valence-corrected chi connectivity index (χ3v) is 3.61. The van der Waals surface area contributed by atoms with Crippen LogP contribution in [0.1, 0.15) is 12.3 Å². The summed E-state index contributed by atoms with van der Waals surface area (Å²) >= 11 is 0. The van der Waals surface area contributed by atoms with Gasteiger partial charge in [0.1, 0.15) is 5.69 Å². The molecule has 7 nitrogen and oxygen atoms in total. The molecule has 0 unspecified atom stereocenters. The van der Waals surface area contributed by atoms with Crippen molar-refractivity contribution in [1.82, 2.24) is 4.98 Å². The van der Waals surface area contributed by atoms with Crippen molar-refractivity contribution >= 4 is 11.7 Å². The lowest BCUT2D eigenvalue weighted by molar-refractivity contribution is -0.384. The Kier molecular flexibility index (Phi) is 4.56. The highest BCUT2D eigenvalue weighted by Crippen LogP contribution is 2.33. The van der Waals surface area contributed by atoms with Gasteiger partial charge in [-0.05, 0) is 12.1 Å². The van der Waals surface area contributed by atoms with E-state index in [0.29, 0.717) is 22.9 Å². The largest absolute Gasteiger partial charge is 0.481 e. The number of carbonyl (C=O) groups is 1. The SMILES string of the molecule is O=C(O)CCc1nc(-c2ccccc2)c(-c2ccc([N+](=O)[O-])cc2)o1. The molecule has 3 aromatic rings. The van der Waals surface area contributed by atoms with E-state index in [4.69, 9.17) is 9.52 Å². The average Bonchev–Trinajstić information content (AvgIpc) is 3.05. The van der Waals surface area contributed by atoms with Crippen molar-refractivity contribution in [1.29, 1.82) is 0 Å². The van der Waals surface area contributed by atoms with Gasteiger partial charge in [0.2, 0.25) is 0 Å². The van der Waals surface area contributed by atoms with Crippen LogP contribution in [-0.4, -0.2) is 21.0 Å². The Bertz CT molecular complexity index is 901. The summed E-state index contributed by atoms with van der Waals surface area (Å²) in [5.74, 6) is -0.160. The van der Waals surface area contributed by atoms with Crippen LogP contribution < -0.4 is 0 Å². The first-order valence-corrected chi connectivity index (χ1v) is 7.56. The minimum absolute atomic E-state index is 0.0179. The van der Waals surface area contributed by atoms with Crippen molar-refractivity contribution in [2.24, 2.45) is 0 Å². The third kappa shape index (κ3) is 3.72. The monoisotopic (exact) mass is 338 g/mol. The molecule has 25 heavy (non-hydrogen) atoms. The Labute approximate surface area is 142 Å². The summed E-state index contributed by atoms with van der Waals surface area (Å²) in [6, 6.07) is 15.3. The number of hydrogen-bond donors (Lipinski definition) is 1. The highest BCUT2D eigenvalue weighted by molar-refractivity contribution is 5.77. The van der Waals surface area contributed by atoms with Gasteiger partial charge in [0, 0.05) is 29.7 Å². The topological polar surface area (TPSA) is 106 Å². The zero-order valence-electron chi connectivity index (χ0n) is 13.1. The summed E-state index contributed by atoms with van der Waals surface area (Å²) in [5, 5.41) is 19.6. The Morgan fingerprint density at radius 1 is 1.08 bits per heavy atom. The summed E-state index contributed by atoms with van der Waals surface area (Å²) in [7, 11) is 0. The number of oxazole rings is 1. The van der Waals surface area contributed by atoms with Gasteiger partial charge in [-0.1, -0.05) is 30.3 Å². The Hall–Kier alpha value is -3.48. The number of aromatic nitrogens is 1. The van der Waals surface area contributed by atoms with Gasteiger partial charge in [0.05, 0.1) is 11.3 Å². The fourth-order valence-corrected chi connectivity index (χ4v) is 2.41. The zero-order valence-corrected chi connectivity index (χ0v) is 13.1. The number of aliphatic carboxylic acids is 1. The Morgan fingerprint density at radius 2 is 1.76 bits per heavy atom. The van der Waals surface area contributed by atoms with Gasteiger partial charge in [-0.25, -0.2) is 4.98 Å². The van der Waals surface area contributed by atoms with Crippen LogP contribution in [-0.2, 0) is 11.2 Å². The lowest BCUT2D eigenvalue weighted by Gasteiger charge is -2.01. The normalized spacial score (nSPS) is 10.6. The van der Waals surface area contributed by atoms with Crippen molar-refractivity contribution in [3.63, 3.8) is 0 Å². The van der Waals surface area contributed by atoms with Crippen LogP contribution in [0.25, 0.3) is 22.6 Å². The van der Waals surface area contributed by atoms with Crippen LogP contribution in [0.4, 0.5) is 5.69 Å². The van der Waals surface area contributed by atoms with Crippen molar-refractivity contribution in [2.45, 2.75) is 12.8 Å². The molecule has 0 amide bonds. The first-order chi connectivity index (χ1) is 12.0. The summed E-state index contributed by atoms with van der Waals surface area (Å²) in [6.07, 6.45) is 0.0800. The summed E-state index contributed by atoms with van der Waals surface area (Å²) < 4.78 is 5.76. The maximum absolute atomic E-state index is 10.8. The first kappa shape index (κ1) is 16.4. The molecular formula is C18H14N2O5. The first-order valence-electron chi connectivity index (χ1n) is 7.56. The molecule has 1 aromatic heterocycles. The van der Waals surface area contributed by atoms with Gasteiger partial charge < -0.3 is 9.52 Å². The van der Waals surface area contributed by atoms with E-state index in [1.54, 1.807) is 12.1 Å². The second kappa shape index (κ2) is 6.96. The number of carboxylic acids is 1. The molecule has 0 aliphatic carbocycles. The van der Waals surface area contributed by atoms with E-state index in [9.17, 15) is 14.9 Å². The minimum atomic E-state index is -0.934. The van der Waals surface area contributed by atoms with Gasteiger partial charge >= 0.3 is 5.97 Å². The maximum Gasteiger partial charge on any atom is 0.303 e. The number of non-ortho nitro benzene ring substituents is 1. The van der Waals surface area contributed by atoms with Crippen LogP contribution in [0.5, 0.6) is 0 Å². The fraction of sp³-hybridized carbons (Fsp3) is 0.111. The smallest absolute Gasteiger partial charge is 0.303 e. The standard InChI is InChI=1S/C18H14N2O5/c21-16(22)11-10-15-19-17(12-4-2-1-3-5-12)18(25-15)13-6-8-14(9-7-13)20(23)24/h1-9H,10-11H2,(H,21,22). The quantitative estimate of drug-likeness (QED) is 0.539. The van der Waals surface area contributed by atoms with Gasteiger partial charge in [-0.3, -0.25) is 14.9 Å². The molecule has 1 heterocycles. The van der Waals surface area contributed by atoms with Crippen LogP contribution >= 0.6 is 0 Å². The van der Waals surface area contributed by atoms with Gasteiger partial charge in [0.25, 0.3) is 5.69 Å². The number of aryl methyl sites for hydroxylation is 1. The van der Waals surface area contributed by atoms with Crippen molar-refractivity contribution in [3.05, 3.63) is 70.6 Å². The van der Waals surface area contributed by atoms with Crippen LogP contribution in [0.15, 0.2) is 59.0 Å². The highest BCUT2D eigenvalue weighted by Gasteiger charge is 2.18. The molecule has 0 saturated heterocycles. The molecular weight excluding hydrogens is 324 g/mol. The Balaban J connectivity index is 2.03. The van der Waals surface area contributed by atoms with Gasteiger partial charge in [-0.2, -0.15) is 0 Å². The molecule has 0 aliphatic rings. The van der Waals surface area contributed by atoms with E-state index < -0.39 is 10.9 Å². The van der Waals surface area contributed by atoms with Crippen LogP contribution in [0, 0.1) is 10.1 Å². The molecule has 0 radical (unpaired) electrons. The molecule has 1 N–H and O–H groups in total. The van der Waals surface area contributed by atoms with Gasteiger partial charge in [0.15, 0.2) is 11.7 Å². The van der Waals surface area contributed by atoms with E-state index >= 15 is 0 Å². The molecule has 0 atom stereocenters. The fourth-order valence-electron chi connectivity index (χ4n) is 2.41. The number of hydrogen-bond acceptors (Lipinski definition) is 5. The predicted molar refractivity (Wildman–Crippen MR) is 90.0 cm³/mol. The molecule has 126 valence electrons. The molecule has 0 spiro atoms. The van der Waals surface area contributed by atoms with Gasteiger partial charge in [-0.15, -0.1) is 0 Å². The Morgan fingerprint density at radius 3 is 2.36 bits per heavy atom. The molecule has 0 saturated carbocycles. The lowest BCUT2D eigenvalue weighted by atomic mass is 10.1. The molecule has 7 heteroatoms. The van der Waals surface area contributed by atoms with Crippen molar-refractivity contribution < 1.29 is 19.2 Å². The van der Waals surface area contributed by atoms with E-state index in [-0.39, 0.29) is 18.5 Å². The highest BCUT2D eigenvalue weighted by atomic mass is 16.6. The summed E-state index contributed by atoms with van der Waals surface area (Å²) in [4.78, 5) is 25.5. The van der Waals surface area contributed by atoms with E-state index in [1.165, 1.54) is 12.1 Å². The number of nitrogens with zero attached hydrogens (tertiary/aromatic N) is 2. The number of nitro groups is 1. The van der Waals surface area contributed by atoms with E-state index in [2.05, 4.69) is 4.98 Å². The van der Waals surface area contributed by atoms with E-state index in [0.717, 1.165) is 5.56 Å².